The average Bonchev–Trinajstić information content (AvgIpc) is 2.34. The first-order chi connectivity index (χ1) is 8.61. The minimum Gasteiger partial charge on any atom is -0.329 e. The molecule has 0 radical (unpaired) electrons. The molecular formula is C14H20BrClN2. The first-order valence-electron chi connectivity index (χ1n) is 6.51. The molecule has 2 atom stereocenters. The highest BCUT2D eigenvalue weighted by molar-refractivity contribution is 9.10. The van der Waals surface area contributed by atoms with Gasteiger partial charge in [0.1, 0.15) is 0 Å². The van der Waals surface area contributed by atoms with E-state index < -0.39 is 0 Å². The molecule has 2 N–H and O–H groups in total. The molecule has 1 fully saturated rings. The highest BCUT2D eigenvalue weighted by Crippen LogP contribution is 2.28. The Kier molecular flexibility index (Phi) is 5.07. The Labute approximate surface area is 123 Å². The summed E-state index contributed by atoms with van der Waals surface area (Å²) in [5.41, 5.74) is 7.08. The Hall–Kier alpha value is -0.0900. The maximum atomic E-state index is 6.30. The van der Waals surface area contributed by atoms with Crippen LogP contribution in [0.15, 0.2) is 22.7 Å². The van der Waals surface area contributed by atoms with Gasteiger partial charge in [0.2, 0.25) is 0 Å². The van der Waals surface area contributed by atoms with Gasteiger partial charge in [-0.1, -0.05) is 40.0 Å². The summed E-state index contributed by atoms with van der Waals surface area (Å²) in [5.74, 6) is 0. The van der Waals surface area contributed by atoms with Crippen LogP contribution in [-0.4, -0.2) is 23.5 Å². The molecule has 18 heavy (non-hydrogen) atoms. The van der Waals surface area contributed by atoms with E-state index in [-0.39, 0.29) is 0 Å². The topological polar surface area (TPSA) is 29.3 Å². The first kappa shape index (κ1) is 14.3. The maximum absolute atomic E-state index is 6.30. The molecule has 1 saturated heterocycles. The first-order valence-corrected chi connectivity index (χ1v) is 7.68. The van der Waals surface area contributed by atoms with Crippen molar-refractivity contribution >= 4 is 27.5 Å². The fourth-order valence-corrected chi connectivity index (χ4v) is 3.46. The summed E-state index contributed by atoms with van der Waals surface area (Å²) in [7, 11) is 0. The van der Waals surface area contributed by atoms with E-state index in [9.17, 15) is 0 Å². The highest BCUT2D eigenvalue weighted by atomic mass is 79.9. The summed E-state index contributed by atoms with van der Waals surface area (Å²) >= 11 is 9.74. The van der Waals surface area contributed by atoms with E-state index in [0.29, 0.717) is 12.1 Å². The lowest BCUT2D eigenvalue weighted by atomic mass is 9.95. The summed E-state index contributed by atoms with van der Waals surface area (Å²) in [5, 5.41) is 0.831. The van der Waals surface area contributed by atoms with Gasteiger partial charge < -0.3 is 5.73 Å². The van der Waals surface area contributed by atoms with Crippen LogP contribution in [0.4, 0.5) is 0 Å². The van der Waals surface area contributed by atoms with E-state index in [4.69, 9.17) is 17.3 Å². The van der Waals surface area contributed by atoms with Gasteiger partial charge in [0.15, 0.2) is 0 Å². The van der Waals surface area contributed by atoms with E-state index in [1.165, 1.54) is 24.8 Å². The van der Waals surface area contributed by atoms with Gasteiger partial charge in [0.25, 0.3) is 0 Å². The van der Waals surface area contributed by atoms with Gasteiger partial charge in [-0.3, -0.25) is 4.90 Å². The van der Waals surface area contributed by atoms with Gasteiger partial charge in [0.05, 0.1) is 0 Å². The predicted octanol–water partition coefficient (Wildman–Crippen LogP) is 3.80. The average molecular weight is 332 g/mol. The molecule has 4 heteroatoms. The molecule has 0 aliphatic carbocycles. The molecule has 0 saturated carbocycles. The molecule has 0 spiro atoms. The van der Waals surface area contributed by atoms with Crippen LogP contribution in [0.2, 0.25) is 5.02 Å². The summed E-state index contributed by atoms with van der Waals surface area (Å²) < 4.78 is 1.03. The third-order valence-electron chi connectivity index (χ3n) is 3.83. The van der Waals surface area contributed by atoms with Crippen molar-refractivity contribution < 1.29 is 0 Å². The summed E-state index contributed by atoms with van der Waals surface area (Å²) in [6.07, 6.45) is 3.74. The Balaban J connectivity index is 2.15. The standard InChI is InChI=1S/C14H20BrClN2/c1-10-3-2-4-13(8-17)18(10)9-11-5-6-12(15)7-14(11)16/h5-7,10,13H,2-4,8-9,17H2,1H3. The molecule has 1 aromatic carbocycles. The summed E-state index contributed by atoms with van der Waals surface area (Å²) in [4.78, 5) is 2.50. The van der Waals surface area contributed by atoms with Crippen LogP contribution < -0.4 is 5.73 Å². The van der Waals surface area contributed by atoms with Gasteiger partial charge in [-0.2, -0.15) is 0 Å². The van der Waals surface area contributed by atoms with Crippen molar-refractivity contribution in [2.75, 3.05) is 6.54 Å². The number of nitrogens with zero attached hydrogens (tertiary/aromatic N) is 1. The van der Waals surface area contributed by atoms with Crippen molar-refractivity contribution in [3.8, 4) is 0 Å². The number of piperidine rings is 1. The third-order valence-corrected chi connectivity index (χ3v) is 4.68. The molecule has 2 nitrogen and oxygen atoms in total. The Morgan fingerprint density at radius 3 is 2.89 bits per heavy atom. The smallest absolute Gasteiger partial charge is 0.0462 e. The molecule has 2 rings (SSSR count). The van der Waals surface area contributed by atoms with Gasteiger partial charge >= 0.3 is 0 Å². The number of nitrogens with two attached hydrogens (primary N) is 1. The second-order valence-corrected chi connectivity index (χ2v) is 6.40. The van der Waals surface area contributed by atoms with Crippen LogP contribution >= 0.6 is 27.5 Å². The number of rotatable bonds is 3. The zero-order valence-electron chi connectivity index (χ0n) is 10.7. The summed E-state index contributed by atoms with van der Waals surface area (Å²) in [6, 6.07) is 7.19. The van der Waals surface area contributed by atoms with Crippen LogP contribution in [0.25, 0.3) is 0 Å². The minimum atomic E-state index is 0.494. The van der Waals surface area contributed by atoms with E-state index in [1.54, 1.807) is 0 Å². The molecular weight excluding hydrogens is 312 g/mol. The Bertz CT molecular complexity index is 411. The van der Waals surface area contributed by atoms with Crippen molar-refractivity contribution in [2.45, 2.75) is 44.8 Å². The zero-order chi connectivity index (χ0) is 13.1. The maximum Gasteiger partial charge on any atom is 0.0462 e. The molecule has 0 aromatic heterocycles. The van der Waals surface area contributed by atoms with E-state index in [2.05, 4.69) is 33.8 Å². The van der Waals surface area contributed by atoms with Crippen LogP contribution in [0, 0.1) is 0 Å². The van der Waals surface area contributed by atoms with E-state index in [0.717, 1.165) is 22.6 Å². The van der Waals surface area contributed by atoms with Gasteiger partial charge in [-0.25, -0.2) is 0 Å². The molecule has 2 unspecified atom stereocenters. The number of hydrogen-bond donors (Lipinski definition) is 1. The fourth-order valence-electron chi connectivity index (χ4n) is 2.73. The van der Waals surface area contributed by atoms with Crippen molar-refractivity contribution in [1.29, 1.82) is 0 Å². The highest BCUT2D eigenvalue weighted by Gasteiger charge is 2.27. The predicted molar refractivity (Wildman–Crippen MR) is 80.9 cm³/mol. The number of hydrogen-bond acceptors (Lipinski definition) is 2. The lowest BCUT2D eigenvalue weighted by Crippen LogP contribution is -2.48. The molecule has 1 aromatic rings. The molecule has 1 heterocycles. The lowest BCUT2D eigenvalue weighted by Gasteiger charge is -2.40. The third kappa shape index (κ3) is 3.27. The molecule has 0 amide bonds. The second-order valence-electron chi connectivity index (χ2n) is 5.08. The van der Waals surface area contributed by atoms with Crippen LogP contribution in [0.5, 0.6) is 0 Å². The van der Waals surface area contributed by atoms with Gasteiger partial charge in [-0.05, 0) is 37.5 Å². The molecule has 0 bridgehead atoms. The monoisotopic (exact) mass is 330 g/mol. The van der Waals surface area contributed by atoms with Crippen LogP contribution in [0.1, 0.15) is 31.7 Å². The van der Waals surface area contributed by atoms with Crippen LogP contribution in [-0.2, 0) is 6.54 Å². The molecule has 1 aliphatic rings. The Morgan fingerprint density at radius 2 is 2.22 bits per heavy atom. The SMILES string of the molecule is CC1CCCC(CN)N1Cc1ccc(Br)cc1Cl. The van der Waals surface area contributed by atoms with E-state index in [1.807, 2.05) is 12.1 Å². The fraction of sp³-hybridized carbons (Fsp3) is 0.571. The quantitative estimate of drug-likeness (QED) is 0.912. The number of benzene rings is 1. The minimum absolute atomic E-state index is 0.494. The second kappa shape index (κ2) is 6.38. The molecule has 100 valence electrons. The summed E-state index contributed by atoms with van der Waals surface area (Å²) in [6.45, 7) is 3.92. The Morgan fingerprint density at radius 1 is 1.44 bits per heavy atom. The van der Waals surface area contributed by atoms with Crippen molar-refractivity contribution in [3.63, 3.8) is 0 Å². The number of likely N-dealkylation sites (tertiary alicyclic amines) is 1. The lowest BCUT2D eigenvalue weighted by molar-refractivity contribution is 0.0892. The zero-order valence-corrected chi connectivity index (χ0v) is 13.0. The van der Waals surface area contributed by atoms with Crippen molar-refractivity contribution in [3.05, 3.63) is 33.3 Å². The van der Waals surface area contributed by atoms with Crippen molar-refractivity contribution in [1.82, 2.24) is 4.90 Å². The van der Waals surface area contributed by atoms with Crippen molar-refractivity contribution in [2.24, 2.45) is 5.73 Å². The normalized spacial score (nSPS) is 25.3. The van der Waals surface area contributed by atoms with Crippen LogP contribution in [0.3, 0.4) is 0 Å². The largest absolute Gasteiger partial charge is 0.329 e. The van der Waals surface area contributed by atoms with E-state index >= 15 is 0 Å². The van der Waals surface area contributed by atoms with Gasteiger partial charge in [0, 0.05) is 34.7 Å². The number of halogens is 2. The van der Waals surface area contributed by atoms with Gasteiger partial charge in [-0.15, -0.1) is 0 Å². The molecule has 1 aliphatic heterocycles.